The molecule has 2 rings (SSSR count). The summed E-state index contributed by atoms with van der Waals surface area (Å²) in [5, 5.41) is 0. The Hall–Kier alpha value is -1.84. The summed E-state index contributed by atoms with van der Waals surface area (Å²) in [6.07, 6.45) is 0.879. The van der Waals surface area contributed by atoms with Crippen molar-refractivity contribution < 1.29 is 9.59 Å². The molecule has 0 aromatic heterocycles. The fourth-order valence-corrected chi connectivity index (χ4v) is 2.60. The zero-order chi connectivity index (χ0) is 14.7. The van der Waals surface area contributed by atoms with Crippen molar-refractivity contribution in [2.24, 2.45) is 0 Å². The number of nitrogens with zero attached hydrogens (tertiary/aromatic N) is 2. The van der Waals surface area contributed by atoms with Gasteiger partial charge >= 0.3 is 0 Å². The van der Waals surface area contributed by atoms with Gasteiger partial charge in [-0.25, -0.2) is 0 Å². The van der Waals surface area contributed by atoms with Crippen LogP contribution < -0.4 is 0 Å². The number of carbonyl (C=O) groups is 2. The average Bonchev–Trinajstić information content (AvgIpc) is 2.43. The first-order valence-electron chi connectivity index (χ1n) is 7.17. The summed E-state index contributed by atoms with van der Waals surface area (Å²) >= 11 is 0. The lowest BCUT2D eigenvalue weighted by molar-refractivity contribution is -0.155. The number of aryl methyl sites for hydroxylation is 1. The van der Waals surface area contributed by atoms with Crippen LogP contribution >= 0.6 is 0 Å². The maximum Gasteiger partial charge on any atom is 0.245 e. The van der Waals surface area contributed by atoms with Gasteiger partial charge in [0.2, 0.25) is 11.8 Å². The number of amides is 2. The number of hydrogen-bond donors (Lipinski definition) is 0. The number of benzene rings is 1. The minimum absolute atomic E-state index is 0.0359. The predicted molar refractivity (Wildman–Crippen MR) is 78.1 cm³/mol. The Morgan fingerprint density at radius 3 is 2.60 bits per heavy atom. The molecule has 1 atom stereocenters. The SMILES string of the molecule is CCCN1CC(=O)N(Cc2ccccc2C)[C@@H](C)C1=O. The van der Waals surface area contributed by atoms with Gasteiger partial charge < -0.3 is 9.80 Å². The van der Waals surface area contributed by atoms with Crippen molar-refractivity contribution in [2.45, 2.75) is 39.8 Å². The van der Waals surface area contributed by atoms with Gasteiger partial charge in [-0.1, -0.05) is 31.2 Å². The van der Waals surface area contributed by atoms with Crippen LogP contribution in [0.2, 0.25) is 0 Å². The van der Waals surface area contributed by atoms with E-state index in [1.54, 1.807) is 9.80 Å². The lowest BCUT2D eigenvalue weighted by Gasteiger charge is -2.39. The summed E-state index contributed by atoms with van der Waals surface area (Å²) in [7, 11) is 0. The Kier molecular flexibility index (Phi) is 4.42. The topological polar surface area (TPSA) is 40.6 Å². The first kappa shape index (κ1) is 14.6. The van der Waals surface area contributed by atoms with Crippen LogP contribution in [0.3, 0.4) is 0 Å². The molecule has 0 saturated carbocycles. The van der Waals surface area contributed by atoms with Gasteiger partial charge in [0.15, 0.2) is 0 Å². The first-order chi connectivity index (χ1) is 9.54. The van der Waals surface area contributed by atoms with E-state index in [4.69, 9.17) is 0 Å². The van der Waals surface area contributed by atoms with E-state index >= 15 is 0 Å². The molecule has 1 fully saturated rings. The van der Waals surface area contributed by atoms with Crippen LogP contribution in [0.5, 0.6) is 0 Å². The van der Waals surface area contributed by atoms with Crippen LogP contribution in [0.4, 0.5) is 0 Å². The summed E-state index contributed by atoms with van der Waals surface area (Å²) < 4.78 is 0. The van der Waals surface area contributed by atoms with Crippen LogP contribution in [0.1, 0.15) is 31.4 Å². The summed E-state index contributed by atoms with van der Waals surface area (Å²) in [4.78, 5) is 27.9. The molecule has 0 bridgehead atoms. The van der Waals surface area contributed by atoms with Crippen LogP contribution in [0.25, 0.3) is 0 Å². The Morgan fingerprint density at radius 1 is 1.25 bits per heavy atom. The second-order valence-corrected chi connectivity index (χ2v) is 5.38. The predicted octanol–water partition coefficient (Wildman–Crippen LogP) is 1.96. The molecule has 4 nitrogen and oxygen atoms in total. The molecule has 1 aliphatic rings. The minimum Gasteiger partial charge on any atom is -0.332 e. The molecule has 0 N–H and O–H groups in total. The van der Waals surface area contributed by atoms with Crippen molar-refractivity contribution in [3.63, 3.8) is 0 Å². The van der Waals surface area contributed by atoms with Gasteiger partial charge in [-0.15, -0.1) is 0 Å². The molecular weight excluding hydrogens is 252 g/mol. The average molecular weight is 274 g/mol. The van der Waals surface area contributed by atoms with Crippen molar-refractivity contribution in [1.82, 2.24) is 9.80 Å². The van der Waals surface area contributed by atoms with E-state index in [1.807, 2.05) is 45.0 Å². The Balaban J connectivity index is 2.15. The second-order valence-electron chi connectivity index (χ2n) is 5.38. The van der Waals surface area contributed by atoms with Crippen LogP contribution in [0, 0.1) is 6.92 Å². The van der Waals surface area contributed by atoms with Crippen LogP contribution in [0.15, 0.2) is 24.3 Å². The molecule has 20 heavy (non-hydrogen) atoms. The minimum atomic E-state index is -0.373. The molecule has 1 heterocycles. The third-order valence-electron chi connectivity index (χ3n) is 3.88. The number of piperazine rings is 1. The van der Waals surface area contributed by atoms with E-state index in [0.717, 1.165) is 17.5 Å². The molecular formula is C16H22N2O2. The zero-order valence-corrected chi connectivity index (χ0v) is 12.4. The third-order valence-corrected chi connectivity index (χ3v) is 3.88. The number of rotatable bonds is 4. The molecule has 1 aliphatic heterocycles. The second kappa shape index (κ2) is 6.07. The first-order valence-corrected chi connectivity index (χ1v) is 7.17. The zero-order valence-electron chi connectivity index (χ0n) is 12.4. The van der Waals surface area contributed by atoms with Crippen LogP contribution in [-0.2, 0) is 16.1 Å². The maximum atomic E-state index is 12.3. The quantitative estimate of drug-likeness (QED) is 0.842. The maximum absolute atomic E-state index is 12.3. The van der Waals surface area contributed by atoms with E-state index in [0.29, 0.717) is 13.1 Å². The fraction of sp³-hybridized carbons (Fsp3) is 0.500. The van der Waals surface area contributed by atoms with Crippen molar-refractivity contribution in [3.8, 4) is 0 Å². The Bertz CT molecular complexity index is 513. The van der Waals surface area contributed by atoms with Crippen molar-refractivity contribution in [2.75, 3.05) is 13.1 Å². The lowest BCUT2D eigenvalue weighted by Crippen LogP contribution is -2.58. The normalized spacial score (nSPS) is 19.6. The summed E-state index contributed by atoms with van der Waals surface area (Å²) in [6.45, 7) is 7.25. The van der Waals surface area contributed by atoms with Crippen molar-refractivity contribution in [1.29, 1.82) is 0 Å². The highest BCUT2D eigenvalue weighted by Crippen LogP contribution is 2.18. The highest BCUT2D eigenvalue weighted by Gasteiger charge is 2.35. The lowest BCUT2D eigenvalue weighted by atomic mass is 10.1. The van der Waals surface area contributed by atoms with E-state index < -0.39 is 0 Å². The smallest absolute Gasteiger partial charge is 0.245 e. The van der Waals surface area contributed by atoms with E-state index in [1.165, 1.54) is 0 Å². The number of hydrogen-bond acceptors (Lipinski definition) is 2. The molecule has 1 saturated heterocycles. The van der Waals surface area contributed by atoms with E-state index in [-0.39, 0.29) is 24.4 Å². The summed E-state index contributed by atoms with van der Waals surface area (Å²) in [6, 6.07) is 7.61. The molecule has 4 heteroatoms. The standard InChI is InChI=1S/C16H22N2O2/c1-4-9-17-11-15(19)18(13(3)16(17)20)10-14-8-6-5-7-12(14)2/h5-8,13H,4,9-11H2,1-3H3/t13-/m0/s1. The monoisotopic (exact) mass is 274 g/mol. The molecule has 0 unspecified atom stereocenters. The summed E-state index contributed by atoms with van der Waals surface area (Å²) in [5.41, 5.74) is 2.25. The van der Waals surface area contributed by atoms with Gasteiger partial charge in [-0.3, -0.25) is 9.59 Å². The van der Waals surface area contributed by atoms with Gasteiger partial charge in [0.05, 0.1) is 6.54 Å². The van der Waals surface area contributed by atoms with Gasteiger partial charge in [-0.05, 0) is 31.4 Å². The Morgan fingerprint density at radius 2 is 1.95 bits per heavy atom. The Labute approximate surface area is 120 Å². The molecule has 0 radical (unpaired) electrons. The molecule has 0 spiro atoms. The van der Waals surface area contributed by atoms with Gasteiger partial charge in [0, 0.05) is 13.1 Å². The molecule has 0 aliphatic carbocycles. The summed E-state index contributed by atoms with van der Waals surface area (Å²) in [5.74, 6) is 0.0915. The molecule has 108 valence electrons. The van der Waals surface area contributed by atoms with E-state index in [2.05, 4.69) is 0 Å². The number of carbonyl (C=O) groups excluding carboxylic acids is 2. The molecule has 2 amide bonds. The van der Waals surface area contributed by atoms with Gasteiger partial charge in [0.25, 0.3) is 0 Å². The van der Waals surface area contributed by atoms with E-state index in [9.17, 15) is 9.59 Å². The fourth-order valence-electron chi connectivity index (χ4n) is 2.60. The van der Waals surface area contributed by atoms with Gasteiger partial charge in [-0.2, -0.15) is 0 Å². The largest absolute Gasteiger partial charge is 0.332 e. The molecule has 1 aromatic carbocycles. The van der Waals surface area contributed by atoms with Crippen molar-refractivity contribution >= 4 is 11.8 Å². The van der Waals surface area contributed by atoms with Crippen LogP contribution in [-0.4, -0.2) is 40.7 Å². The highest BCUT2D eigenvalue weighted by atomic mass is 16.2. The third kappa shape index (κ3) is 2.84. The van der Waals surface area contributed by atoms with Gasteiger partial charge in [0.1, 0.15) is 6.04 Å². The highest BCUT2D eigenvalue weighted by molar-refractivity contribution is 5.94. The van der Waals surface area contributed by atoms with Crippen molar-refractivity contribution in [3.05, 3.63) is 35.4 Å². The molecule has 1 aromatic rings.